The van der Waals surface area contributed by atoms with Crippen molar-refractivity contribution in [3.05, 3.63) is 81.1 Å². The molecule has 3 heteroatoms. The summed E-state index contributed by atoms with van der Waals surface area (Å²) >= 11 is 0. The number of rotatable bonds is 2. The van der Waals surface area contributed by atoms with Gasteiger partial charge >= 0.3 is 0 Å². The molecule has 0 aliphatic rings. The topological polar surface area (TPSA) is 43.4 Å². The standard InChI is InChI=1S/C14H10O3/c15-11-7-3-1-5-9-13(11)17-14-10-6-2-4-8-12(14)16/h1-10H. The molecule has 0 spiro atoms. The molecule has 3 nitrogen and oxygen atoms in total. The van der Waals surface area contributed by atoms with E-state index >= 15 is 0 Å². The van der Waals surface area contributed by atoms with Gasteiger partial charge in [-0.15, -0.1) is 0 Å². The van der Waals surface area contributed by atoms with Crippen LogP contribution in [0.3, 0.4) is 0 Å². The van der Waals surface area contributed by atoms with Crippen molar-refractivity contribution < 1.29 is 4.74 Å². The molecule has 0 bridgehead atoms. The van der Waals surface area contributed by atoms with Gasteiger partial charge in [0.15, 0.2) is 11.5 Å². The van der Waals surface area contributed by atoms with Crippen LogP contribution < -0.4 is 15.6 Å². The summed E-state index contributed by atoms with van der Waals surface area (Å²) in [6.45, 7) is 0. The minimum absolute atomic E-state index is 0.137. The first-order valence-electron chi connectivity index (χ1n) is 5.14. The van der Waals surface area contributed by atoms with Crippen LogP contribution in [0.1, 0.15) is 0 Å². The molecule has 2 rings (SSSR count). The van der Waals surface area contributed by atoms with Crippen molar-refractivity contribution in [3.8, 4) is 11.5 Å². The average Bonchev–Trinajstić information content (AvgIpc) is 2.63. The van der Waals surface area contributed by atoms with E-state index in [0.717, 1.165) is 0 Å². The van der Waals surface area contributed by atoms with Crippen molar-refractivity contribution in [1.29, 1.82) is 0 Å². The van der Waals surface area contributed by atoms with Gasteiger partial charge in [0.05, 0.1) is 0 Å². The van der Waals surface area contributed by atoms with E-state index < -0.39 is 0 Å². The van der Waals surface area contributed by atoms with Gasteiger partial charge < -0.3 is 4.74 Å². The Bertz CT molecular complexity index is 579. The Labute approximate surface area is 97.9 Å². The zero-order chi connectivity index (χ0) is 12.1. The maximum absolute atomic E-state index is 11.6. The van der Waals surface area contributed by atoms with Crippen LogP contribution in [0.5, 0.6) is 11.5 Å². The van der Waals surface area contributed by atoms with E-state index in [1.807, 2.05) is 0 Å². The summed E-state index contributed by atoms with van der Waals surface area (Å²) in [4.78, 5) is 23.2. The lowest BCUT2D eigenvalue weighted by Gasteiger charge is -1.99. The Morgan fingerprint density at radius 2 is 1.00 bits per heavy atom. The van der Waals surface area contributed by atoms with Gasteiger partial charge in [-0.2, -0.15) is 0 Å². The van der Waals surface area contributed by atoms with Crippen LogP contribution in [0.15, 0.2) is 70.3 Å². The summed E-state index contributed by atoms with van der Waals surface area (Å²) in [6.07, 6.45) is 0. The average molecular weight is 226 g/mol. The van der Waals surface area contributed by atoms with Gasteiger partial charge in [-0.25, -0.2) is 0 Å². The Morgan fingerprint density at radius 1 is 0.588 bits per heavy atom. The quantitative estimate of drug-likeness (QED) is 0.788. The predicted molar refractivity (Wildman–Crippen MR) is 65.5 cm³/mol. The molecule has 0 unspecified atom stereocenters. The molecule has 0 fully saturated rings. The molecule has 0 aromatic heterocycles. The summed E-state index contributed by atoms with van der Waals surface area (Å²) in [6, 6.07) is 15.9. The Kier molecular flexibility index (Phi) is 3.31. The van der Waals surface area contributed by atoms with Gasteiger partial charge in [-0.05, 0) is 24.3 Å². The first-order valence-corrected chi connectivity index (χ1v) is 5.14. The third-order valence-corrected chi connectivity index (χ3v) is 2.14. The molecule has 2 aromatic carbocycles. The summed E-state index contributed by atoms with van der Waals surface area (Å²) in [7, 11) is 0. The summed E-state index contributed by atoms with van der Waals surface area (Å²) in [5, 5.41) is 0. The summed E-state index contributed by atoms with van der Waals surface area (Å²) in [5.41, 5.74) is -0.526. The second-order valence-electron chi connectivity index (χ2n) is 3.38. The third kappa shape index (κ3) is 2.78. The predicted octanol–water partition coefficient (Wildman–Crippen LogP) is 2.20. The van der Waals surface area contributed by atoms with E-state index in [2.05, 4.69) is 0 Å². The van der Waals surface area contributed by atoms with E-state index in [-0.39, 0.29) is 22.4 Å². The lowest BCUT2D eigenvalue weighted by Crippen LogP contribution is -2.05. The van der Waals surface area contributed by atoms with Gasteiger partial charge in [-0.3, -0.25) is 9.59 Å². The fourth-order valence-corrected chi connectivity index (χ4v) is 1.32. The van der Waals surface area contributed by atoms with Crippen molar-refractivity contribution in [3.63, 3.8) is 0 Å². The van der Waals surface area contributed by atoms with Crippen LogP contribution in [0.2, 0.25) is 0 Å². The molecule has 0 saturated carbocycles. The number of hydrogen-bond acceptors (Lipinski definition) is 3. The maximum atomic E-state index is 11.6. The minimum atomic E-state index is -0.263. The van der Waals surface area contributed by atoms with Crippen molar-refractivity contribution in [2.24, 2.45) is 0 Å². The SMILES string of the molecule is O=c1cccccc1Oc1cccccc1=O. The number of ether oxygens (including phenoxy) is 1. The minimum Gasteiger partial charge on any atom is -0.449 e. The first kappa shape index (κ1) is 11.1. The zero-order valence-electron chi connectivity index (χ0n) is 9.00. The molecule has 17 heavy (non-hydrogen) atoms. The summed E-state index contributed by atoms with van der Waals surface area (Å²) in [5.74, 6) is 0.275. The van der Waals surface area contributed by atoms with E-state index in [0.29, 0.717) is 0 Å². The molecule has 2 aromatic rings. The van der Waals surface area contributed by atoms with Gasteiger partial charge in [0.1, 0.15) is 0 Å². The van der Waals surface area contributed by atoms with Crippen LogP contribution in [0.4, 0.5) is 0 Å². The van der Waals surface area contributed by atoms with Crippen LogP contribution in [-0.4, -0.2) is 0 Å². The second-order valence-corrected chi connectivity index (χ2v) is 3.38. The molecule has 0 atom stereocenters. The molecule has 0 N–H and O–H groups in total. The molecule has 0 aliphatic carbocycles. The largest absolute Gasteiger partial charge is 0.449 e. The molecule has 84 valence electrons. The van der Waals surface area contributed by atoms with Crippen molar-refractivity contribution >= 4 is 0 Å². The molecular formula is C14H10O3. The van der Waals surface area contributed by atoms with Gasteiger partial charge in [0.25, 0.3) is 0 Å². The third-order valence-electron chi connectivity index (χ3n) is 2.14. The maximum Gasteiger partial charge on any atom is 0.221 e. The highest BCUT2D eigenvalue weighted by Crippen LogP contribution is 2.11. The molecule has 0 aliphatic heterocycles. The molecular weight excluding hydrogens is 216 g/mol. The van der Waals surface area contributed by atoms with Gasteiger partial charge in [0.2, 0.25) is 10.9 Å². The molecule has 0 amide bonds. The van der Waals surface area contributed by atoms with E-state index in [4.69, 9.17) is 4.74 Å². The monoisotopic (exact) mass is 226 g/mol. The lowest BCUT2D eigenvalue weighted by atomic mass is 10.4. The van der Waals surface area contributed by atoms with E-state index in [9.17, 15) is 9.59 Å². The van der Waals surface area contributed by atoms with Crippen LogP contribution >= 0.6 is 0 Å². The van der Waals surface area contributed by atoms with Crippen LogP contribution in [0.25, 0.3) is 0 Å². The normalized spacial score (nSPS) is 9.65. The first-order chi connectivity index (χ1) is 8.27. The lowest BCUT2D eigenvalue weighted by molar-refractivity contribution is 0.475. The molecule has 0 radical (unpaired) electrons. The zero-order valence-corrected chi connectivity index (χ0v) is 9.00. The Hall–Kier alpha value is -2.42. The molecule has 0 saturated heterocycles. The van der Waals surface area contributed by atoms with E-state index in [1.54, 1.807) is 36.4 Å². The highest BCUT2D eigenvalue weighted by Gasteiger charge is 2.01. The fourth-order valence-electron chi connectivity index (χ4n) is 1.32. The smallest absolute Gasteiger partial charge is 0.221 e. The molecule has 0 heterocycles. The van der Waals surface area contributed by atoms with Crippen molar-refractivity contribution in [2.75, 3.05) is 0 Å². The van der Waals surface area contributed by atoms with Gasteiger partial charge in [-0.1, -0.05) is 36.4 Å². The Balaban J connectivity index is 2.47. The second kappa shape index (κ2) is 5.07. The summed E-state index contributed by atoms with van der Waals surface area (Å²) < 4.78 is 5.33. The van der Waals surface area contributed by atoms with Crippen molar-refractivity contribution in [2.45, 2.75) is 0 Å². The van der Waals surface area contributed by atoms with Crippen LogP contribution in [0, 0.1) is 0 Å². The number of hydrogen-bond donors (Lipinski definition) is 0. The van der Waals surface area contributed by atoms with Crippen molar-refractivity contribution in [1.82, 2.24) is 0 Å². The van der Waals surface area contributed by atoms with Gasteiger partial charge in [0, 0.05) is 0 Å². The highest BCUT2D eigenvalue weighted by atomic mass is 16.5. The fraction of sp³-hybridized carbons (Fsp3) is 0. The highest BCUT2D eigenvalue weighted by molar-refractivity contribution is 5.29. The van der Waals surface area contributed by atoms with Crippen LogP contribution in [-0.2, 0) is 0 Å². The van der Waals surface area contributed by atoms with E-state index in [1.165, 1.54) is 24.3 Å². The Morgan fingerprint density at radius 3 is 1.47 bits per heavy atom.